The lowest BCUT2D eigenvalue weighted by atomic mass is 10.2. The summed E-state index contributed by atoms with van der Waals surface area (Å²) in [5.74, 6) is 0.625. The third-order valence-electron chi connectivity index (χ3n) is 3.00. The van der Waals surface area contributed by atoms with Crippen molar-refractivity contribution in [2.45, 2.75) is 0 Å². The van der Waals surface area contributed by atoms with Crippen molar-refractivity contribution in [2.24, 2.45) is 0 Å². The first-order chi connectivity index (χ1) is 10.1. The minimum atomic E-state index is -0.0651. The zero-order valence-corrected chi connectivity index (χ0v) is 12.5. The number of carbonyl (C=O) groups is 1. The Balaban J connectivity index is 1.85. The van der Waals surface area contributed by atoms with E-state index in [0.717, 1.165) is 0 Å². The summed E-state index contributed by atoms with van der Waals surface area (Å²) in [4.78, 5) is 13.8. The normalized spacial score (nSPS) is 10.2. The predicted molar refractivity (Wildman–Crippen MR) is 84.8 cm³/mol. The first-order valence-corrected chi connectivity index (χ1v) is 6.93. The molecule has 0 heterocycles. The van der Waals surface area contributed by atoms with Gasteiger partial charge in [-0.15, -0.1) is 0 Å². The number of hydrogen-bond acceptors (Lipinski definition) is 3. The van der Waals surface area contributed by atoms with Crippen molar-refractivity contribution in [3.63, 3.8) is 0 Å². The van der Waals surface area contributed by atoms with E-state index in [9.17, 15) is 4.79 Å². The molecule has 2 rings (SSSR count). The number of benzene rings is 2. The highest BCUT2D eigenvalue weighted by Crippen LogP contribution is 2.17. The number of nitrogen functional groups attached to an aromatic ring is 1. The third kappa shape index (κ3) is 4.39. The van der Waals surface area contributed by atoms with Gasteiger partial charge in [-0.2, -0.15) is 0 Å². The average molecular weight is 305 g/mol. The largest absolute Gasteiger partial charge is 0.492 e. The molecular weight excluding hydrogens is 288 g/mol. The van der Waals surface area contributed by atoms with E-state index in [1.54, 1.807) is 48.3 Å². The van der Waals surface area contributed by atoms with Crippen molar-refractivity contribution in [3.8, 4) is 5.75 Å². The van der Waals surface area contributed by atoms with Crippen molar-refractivity contribution < 1.29 is 9.53 Å². The van der Waals surface area contributed by atoms with Gasteiger partial charge in [-0.3, -0.25) is 4.79 Å². The molecule has 0 bridgehead atoms. The Labute approximate surface area is 129 Å². The minimum Gasteiger partial charge on any atom is -0.492 e. The molecule has 110 valence electrons. The van der Waals surface area contributed by atoms with Crippen LogP contribution in [0.3, 0.4) is 0 Å². The van der Waals surface area contributed by atoms with E-state index in [2.05, 4.69) is 0 Å². The van der Waals surface area contributed by atoms with E-state index in [0.29, 0.717) is 35.2 Å². The van der Waals surface area contributed by atoms with Crippen LogP contribution < -0.4 is 10.5 Å². The van der Waals surface area contributed by atoms with Gasteiger partial charge in [-0.25, -0.2) is 0 Å². The molecule has 0 aromatic heterocycles. The maximum Gasteiger partial charge on any atom is 0.253 e. The Bertz CT molecular complexity index is 614. The van der Waals surface area contributed by atoms with Crippen LogP contribution in [0.2, 0.25) is 5.02 Å². The monoisotopic (exact) mass is 304 g/mol. The number of hydrogen-bond donors (Lipinski definition) is 1. The second kappa shape index (κ2) is 6.99. The first kappa shape index (κ1) is 15.2. The zero-order chi connectivity index (χ0) is 15.2. The van der Waals surface area contributed by atoms with Gasteiger partial charge in [0, 0.05) is 23.3 Å². The number of nitrogens with zero attached hydrogens (tertiary/aromatic N) is 1. The fourth-order valence-electron chi connectivity index (χ4n) is 1.80. The summed E-state index contributed by atoms with van der Waals surface area (Å²) < 4.78 is 5.56. The van der Waals surface area contributed by atoms with Gasteiger partial charge in [0.05, 0.1) is 6.54 Å². The smallest absolute Gasteiger partial charge is 0.253 e. The second-order valence-electron chi connectivity index (χ2n) is 4.65. The maximum atomic E-state index is 12.2. The third-order valence-corrected chi connectivity index (χ3v) is 3.23. The molecule has 0 radical (unpaired) electrons. The summed E-state index contributed by atoms with van der Waals surface area (Å²) in [6, 6.07) is 14.0. The van der Waals surface area contributed by atoms with Crippen LogP contribution in [0.4, 0.5) is 5.69 Å². The number of ether oxygens (including phenoxy) is 1. The van der Waals surface area contributed by atoms with Gasteiger partial charge in [0.2, 0.25) is 0 Å². The van der Waals surface area contributed by atoms with Gasteiger partial charge in [0.25, 0.3) is 5.91 Å². The van der Waals surface area contributed by atoms with Crippen LogP contribution >= 0.6 is 11.6 Å². The summed E-state index contributed by atoms with van der Waals surface area (Å²) in [7, 11) is 1.74. The quantitative estimate of drug-likeness (QED) is 0.864. The van der Waals surface area contributed by atoms with Crippen LogP contribution in [0.5, 0.6) is 5.75 Å². The molecule has 2 aromatic carbocycles. The number of amides is 1. The highest BCUT2D eigenvalue weighted by atomic mass is 35.5. The molecule has 1 amide bonds. The number of nitrogens with two attached hydrogens (primary N) is 1. The second-order valence-corrected chi connectivity index (χ2v) is 5.09. The van der Waals surface area contributed by atoms with E-state index < -0.39 is 0 Å². The molecule has 21 heavy (non-hydrogen) atoms. The highest BCUT2D eigenvalue weighted by Gasteiger charge is 2.11. The Morgan fingerprint density at radius 3 is 2.62 bits per heavy atom. The maximum absolute atomic E-state index is 12.2. The molecule has 0 aliphatic carbocycles. The van der Waals surface area contributed by atoms with Crippen LogP contribution in [-0.4, -0.2) is 31.0 Å². The average Bonchev–Trinajstić information content (AvgIpc) is 2.47. The molecule has 0 fully saturated rings. The molecule has 0 unspecified atom stereocenters. The van der Waals surface area contributed by atoms with Gasteiger partial charge in [0.1, 0.15) is 12.4 Å². The molecule has 2 N–H and O–H groups in total. The molecule has 0 spiro atoms. The zero-order valence-electron chi connectivity index (χ0n) is 11.8. The van der Waals surface area contributed by atoms with Crippen molar-refractivity contribution in [1.29, 1.82) is 0 Å². The van der Waals surface area contributed by atoms with E-state index in [-0.39, 0.29) is 5.91 Å². The number of rotatable bonds is 5. The molecule has 0 saturated carbocycles. The lowest BCUT2D eigenvalue weighted by Crippen LogP contribution is -2.30. The lowest BCUT2D eigenvalue weighted by molar-refractivity contribution is 0.0774. The fourth-order valence-corrected chi connectivity index (χ4v) is 1.99. The highest BCUT2D eigenvalue weighted by molar-refractivity contribution is 6.30. The molecule has 0 aliphatic heterocycles. The number of anilines is 1. The standard InChI is InChI=1S/C16H17ClN2O2/c1-19(16(20)12-5-7-14(18)8-6-12)9-10-21-15-4-2-3-13(17)11-15/h2-8,11H,9-10,18H2,1H3. The van der Waals surface area contributed by atoms with Crippen molar-refractivity contribution >= 4 is 23.2 Å². The summed E-state index contributed by atoms with van der Waals surface area (Å²) in [6.07, 6.45) is 0. The van der Waals surface area contributed by atoms with Crippen LogP contribution in [0.25, 0.3) is 0 Å². The molecule has 4 nitrogen and oxygen atoms in total. The Morgan fingerprint density at radius 1 is 1.24 bits per heavy atom. The summed E-state index contributed by atoms with van der Waals surface area (Å²) in [6.45, 7) is 0.882. The van der Waals surface area contributed by atoms with E-state index in [4.69, 9.17) is 22.1 Å². The van der Waals surface area contributed by atoms with E-state index in [1.165, 1.54) is 0 Å². The van der Waals surface area contributed by atoms with Crippen molar-refractivity contribution in [2.75, 3.05) is 25.9 Å². The number of likely N-dealkylation sites (N-methyl/N-ethyl adjacent to an activating group) is 1. The van der Waals surface area contributed by atoms with E-state index >= 15 is 0 Å². The molecular formula is C16H17ClN2O2. The van der Waals surface area contributed by atoms with Gasteiger partial charge >= 0.3 is 0 Å². The summed E-state index contributed by atoms with van der Waals surface area (Å²) in [5.41, 5.74) is 6.85. The molecule has 5 heteroatoms. The molecule has 0 atom stereocenters. The van der Waals surface area contributed by atoms with Crippen LogP contribution in [0, 0.1) is 0 Å². The molecule has 0 saturated heterocycles. The Kier molecular flexibility index (Phi) is 5.06. The van der Waals surface area contributed by atoms with Gasteiger partial charge in [0.15, 0.2) is 0 Å². The van der Waals surface area contributed by atoms with Crippen LogP contribution in [0.15, 0.2) is 48.5 Å². The number of carbonyl (C=O) groups excluding carboxylic acids is 1. The van der Waals surface area contributed by atoms with Crippen molar-refractivity contribution in [1.82, 2.24) is 4.90 Å². The van der Waals surface area contributed by atoms with Crippen LogP contribution in [0.1, 0.15) is 10.4 Å². The van der Waals surface area contributed by atoms with E-state index in [1.807, 2.05) is 12.1 Å². The molecule has 2 aromatic rings. The fraction of sp³-hybridized carbons (Fsp3) is 0.188. The molecule has 0 aliphatic rings. The van der Waals surface area contributed by atoms with Gasteiger partial charge in [-0.1, -0.05) is 17.7 Å². The Hall–Kier alpha value is -2.20. The number of halogens is 1. The van der Waals surface area contributed by atoms with Gasteiger partial charge in [-0.05, 0) is 42.5 Å². The summed E-state index contributed by atoms with van der Waals surface area (Å²) >= 11 is 5.87. The minimum absolute atomic E-state index is 0.0651. The van der Waals surface area contributed by atoms with Crippen LogP contribution in [-0.2, 0) is 0 Å². The SMILES string of the molecule is CN(CCOc1cccc(Cl)c1)C(=O)c1ccc(N)cc1. The lowest BCUT2D eigenvalue weighted by Gasteiger charge is -2.17. The van der Waals surface area contributed by atoms with Gasteiger partial charge < -0.3 is 15.4 Å². The first-order valence-electron chi connectivity index (χ1n) is 6.55. The Morgan fingerprint density at radius 2 is 1.95 bits per heavy atom. The predicted octanol–water partition coefficient (Wildman–Crippen LogP) is 3.07. The van der Waals surface area contributed by atoms with Crippen molar-refractivity contribution in [3.05, 3.63) is 59.1 Å². The summed E-state index contributed by atoms with van der Waals surface area (Å²) in [5, 5.41) is 0.624. The topological polar surface area (TPSA) is 55.6 Å².